The first kappa shape index (κ1) is 39.3. The lowest BCUT2D eigenvalue weighted by atomic mass is 9.44. The summed E-state index contributed by atoms with van der Waals surface area (Å²) in [6.45, 7) is 8.96. The number of aliphatic hydroxyl groups excluding tert-OH is 8. The van der Waals surface area contributed by atoms with Crippen LogP contribution in [0, 0.1) is 52.3 Å². The van der Waals surface area contributed by atoms with E-state index >= 15 is 0 Å². The summed E-state index contributed by atoms with van der Waals surface area (Å²) in [5, 5.41) is 84.5. The van der Waals surface area contributed by atoms with Crippen LogP contribution in [-0.4, -0.2) is 146 Å². The van der Waals surface area contributed by atoms with Crippen LogP contribution >= 0.6 is 0 Å². The largest absolute Gasteiger partial charge is 0.394 e. The number of rotatable bonds is 6. The van der Waals surface area contributed by atoms with E-state index in [9.17, 15) is 40.9 Å². The predicted molar refractivity (Wildman–Crippen MR) is 184 cm³/mol. The summed E-state index contributed by atoms with van der Waals surface area (Å²) in [5.74, 6) is 2.90. The highest BCUT2D eigenvalue weighted by atomic mass is 16.7. The van der Waals surface area contributed by atoms with Crippen molar-refractivity contribution in [3.8, 4) is 0 Å². The van der Waals surface area contributed by atoms with Crippen molar-refractivity contribution in [3.05, 3.63) is 0 Å². The number of ether oxygens (including phenoxy) is 6. The minimum absolute atomic E-state index is 0.0823. The Morgan fingerprint density at radius 3 is 2.09 bits per heavy atom. The number of hydrogen-bond acceptors (Lipinski definition) is 14. The molecule has 8 rings (SSSR count). The molecule has 4 saturated carbocycles. The Morgan fingerprint density at radius 1 is 0.698 bits per heavy atom. The molecule has 0 aromatic carbocycles. The fraction of sp³-hybridized carbons (Fsp3) is 1.00. The molecule has 4 heterocycles. The van der Waals surface area contributed by atoms with Gasteiger partial charge in [-0.05, 0) is 97.7 Å². The monoisotopic (exact) mass is 756 g/mol. The average Bonchev–Trinajstić information content (AvgIpc) is 3.58. The second-order valence-electron chi connectivity index (χ2n) is 18.9. The normalized spacial score (nSPS) is 59.5. The van der Waals surface area contributed by atoms with Crippen molar-refractivity contribution in [1.82, 2.24) is 0 Å². The van der Waals surface area contributed by atoms with Crippen molar-refractivity contribution in [3.63, 3.8) is 0 Å². The molecule has 8 aliphatic rings. The third-order valence-electron chi connectivity index (χ3n) is 16.2. The van der Waals surface area contributed by atoms with Crippen molar-refractivity contribution in [2.75, 3.05) is 19.8 Å². The van der Waals surface area contributed by atoms with Gasteiger partial charge >= 0.3 is 0 Å². The zero-order chi connectivity index (χ0) is 37.8. The highest BCUT2D eigenvalue weighted by molar-refractivity contribution is 5.16. The molecule has 0 bridgehead atoms. The molecule has 0 aromatic rings. The van der Waals surface area contributed by atoms with E-state index in [4.69, 9.17) is 28.4 Å². The van der Waals surface area contributed by atoms with E-state index in [1.807, 2.05) is 0 Å². The molecule has 0 amide bonds. The molecular weight excluding hydrogens is 692 g/mol. The number of hydrogen-bond donors (Lipinski definition) is 8. The molecule has 0 radical (unpaired) electrons. The highest BCUT2D eigenvalue weighted by Crippen LogP contribution is 2.71. The van der Waals surface area contributed by atoms with Crippen LogP contribution in [0.4, 0.5) is 0 Å². The van der Waals surface area contributed by atoms with Crippen LogP contribution in [0.1, 0.15) is 85.5 Å². The van der Waals surface area contributed by atoms with Gasteiger partial charge in [0.25, 0.3) is 0 Å². The quantitative estimate of drug-likeness (QED) is 0.173. The molecule has 8 fully saturated rings. The second kappa shape index (κ2) is 14.4. The van der Waals surface area contributed by atoms with E-state index in [-0.39, 0.29) is 16.9 Å². The molecule has 8 N–H and O–H groups in total. The predicted octanol–water partition coefficient (Wildman–Crippen LogP) is 0.413. The standard InChI is InChI=1S/C39H64O14/c1-17-7-10-39(48-16-17)18(2)28-25(53-39)12-22-20-6-5-19-11-24(23(42)13-38(19,4)21(20)8-9-37(22,28)3)49-35-33(47)31(45)34(27(15-41)51-35)52-36-32(46)30(44)29(43)26(14-40)50-36/h17-36,40-47H,5-16H2,1-4H3/t17-,18+,19-,20-,21+,22+,23+,24-,25+,26-,27-,28+,29-,30+,31-,32-,33-,34-,35-,36+,37+,38+,39-/m1/s1. The molecule has 14 nitrogen and oxygen atoms in total. The van der Waals surface area contributed by atoms with Crippen LogP contribution in [0.25, 0.3) is 0 Å². The summed E-state index contributed by atoms with van der Waals surface area (Å²) in [7, 11) is 0. The maximum Gasteiger partial charge on any atom is 0.187 e. The summed E-state index contributed by atoms with van der Waals surface area (Å²) in [6.07, 6.45) is -7.80. The van der Waals surface area contributed by atoms with Gasteiger partial charge in [-0.3, -0.25) is 0 Å². The fourth-order valence-corrected chi connectivity index (χ4v) is 13.3. The Labute approximate surface area is 312 Å². The Hall–Kier alpha value is -0.560. The van der Waals surface area contributed by atoms with Crippen molar-refractivity contribution in [1.29, 1.82) is 0 Å². The first-order chi connectivity index (χ1) is 25.2. The lowest BCUT2D eigenvalue weighted by Crippen LogP contribution is -2.65. The van der Waals surface area contributed by atoms with Gasteiger partial charge in [-0.25, -0.2) is 0 Å². The molecule has 23 atom stereocenters. The van der Waals surface area contributed by atoms with Gasteiger partial charge in [-0.2, -0.15) is 0 Å². The Balaban J connectivity index is 0.912. The first-order valence-corrected chi connectivity index (χ1v) is 20.4. The van der Waals surface area contributed by atoms with Gasteiger partial charge in [0, 0.05) is 12.3 Å². The minimum atomic E-state index is -1.75. The summed E-state index contributed by atoms with van der Waals surface area (Å²) in [5.41, 5.74) is 0.118. The molecule has 4 aliphatic heterocycles. The third kappa shape index (κ3) is 6.20. The van der Waals surface area contributed by atoms with Gasteiger partial charge in [0.15, 0.2) is 18.4 Å². The molecule has 0 aromatic heterocycles. The first-order valence-electron chi connectivity index (χ1n) is 20.4. The van der Waals surface area contributed by atoms with Crippen LogP contribution in [0.3, 0.4) is 0 Å². The van der Waals surface area contributed by atoms with Gasteiger partial charge in [-0.15, -0.1) is 0 Å². The molecule has 1 spiro atoms. The molecular formula is C39H64O14. The lowest BCUT2D eigenvalue weighted by Gasteiger charge is -2.62. The van der Waals surface area contributed by atoms with E-state index in [1.54, 1.807) is 0 Å². The maximum absolute atomic E-state index is 11.7. The lowest BCUT2D eigenvalue weighted by molar-refractivity contribution is -0.366. The Kier molecular flexibility index (Phi) is 10.6. The minimum Gasteiger partial charge on any atom is -0.394 e. The van der Waals surface area contributed by atoms with Gasteiger partial charge < -0.3 is 69.3 Å². The van der Waals surface area contributed by atoms with Crippen molar-refractivity contribution in [2.45, 2.75) is 171 Å². The summed E-state index contributed by atoms with van der Waals surface area (Å²) < 4.78 is 36.7. The van der Waals surface area contributed by atoms with E-state index in [0.29, 0.717) is 54.3 Å². The van der Waals surface area contributed by atoms with Crippen LogP contribution < -0.4 is 0 Å². The topological polar surface area (TPSA) is 217 Å². The fourth-order valence-electron chi connectivity index (χ4n) is 13.3. The Bertz CT molecular complexity index is 1290. The van der Waals surface area contributed by atoms with Crippen LogP contribution in [0.5, 0.6) is 0 Å². The summed E-state index contributed by atoms with van der Waals surface area (Å²) >= 11 is 0. The van der Waals surface area contributed by atoms with Gasteiger partial charge in [0.1, 0.15) is 48.8 Å². The number of aliphatic hydroxyl groups is 8. The van der Waals surface area contributed by atoms with Gasteiger partial charge in [0.05, 0.1) is 38.1 Å². The maximum atomic E-state index is 11.7. The van der Waals surface area contributed by atoms with Gasteiger partial charge in [-0.1, -0.05) is 27.7 Å². The molecule has 14 heteroatoms. The van der Waals surface area contributed by atoms with E-state index in [0.717, 1.165) is 51.6 Å². The average molecular weight is 757 g/mol. The van der Waals surface area contributed by atoms with Crippen LogP contribution in [0.2, 0.25) is 0 Å². The van der Waals surface area contributed by atoms with E-state index < -0.39 is 92.6 Å². The van der Waals surface area contributed by atoms with E-state index in [2.05, 4.69) is 27.7 Å². The van der Waals surface area contributed by atoms with Crippen LogP contribution in [0.15, 0.2) is 0 Å². The van der Waals surface area contributed by atoms with Crippen LogP contribution in [-0.2, 0) is 28.4 Å². The third-order valence-corrected chi connectivity index (χ3v) is 16.2. The van der Waals surface area contributed by atoms with Crippen molar-refractivity contribution in [2.24, 2.45) is 52.3 Å². The number of fused-ring (bicyclic) bond motifs is 7. The molecule has 4 aliphatic carbocycles. The molecule has 53 heavy (non-hydrogen) atoms. The van der Waals surface area contributed by atoms with Crippen molar-refractivity contribution < 1.29 is 69.3 Å². The Morgan fingerprint density at radius 2 is 1.40 bits per heavy atom. The zero-order valence-electron chi connectivity index (χ0n) is 31.6. The van der Waals surface area contributed by atoms with Gasteiger partial charge in [0.2, 0.25) is 0 Å². The second-order valence-corrected chi connectivity index (χ2v) is 18.9. The highest BCUT2D eigenvalue weighted by Gasteiger charge is 2.69. The smallest absolute Gasteiger partial charge is 0.187 e. The molecule has 4 saturated heterocycles. The van der Waals surface area contributed by atoms with E-state index in [1.165, 1.54) is 0 Å². The molecule has 304 valence electrons. The summed E-state index contributed by atoms with van der Waals surface area (Å²) in [4.78, 5) is 0. The molecule has 0 unspecified atom stereocenters. The van der Waals surface area contributed by atoms with Crippen molar-refractivity contribution >= 4 is 0 Å². The SMILES string of the molecule is C[C@@H]1CC[C@@]2(OC1)O[C@H]1C[C@H]3[C@@H]4CC[C@@H]5C[C@@H](O[C@@H]6O[C@H](CO)[C@@H](O[C@@H]7O[C@H](CO)[C@@H](O)[C@H](O)[C@H]7O)[C@H](O)[C@H]6O)[C@@H](O)C[C@]5(C)[C@H]4CC[C@]3(C)[C@H]1[C@@H]2C. The zero-order valence-corrected chi connectivity index (χ0v) is 31.6. The summed E-state index contributed by atoms with van der Waals surface area (Å²) in [6, 6.07) is 0.